The van der Waals surface area contributed by atoms with E-state index < -0.39 is 0 Å². The predicted molar refractivity (Wildman–Crippen MR) is 99.2 cm³/mol. The number of nitrogens with zero attached hydrogens (tertiary/aromatic N) is 1. The minimum Gasteiger partial charge on any atom is -0.353 e. The Bertz CT molecular complexity index is 548. The van der Waals surface area contributed by atoms with Crippen molar-refractivity contribution in [2.45, 2.75) is 64.0 Å². The summed E-state index contributed by atoms with van der Waals surface area (Å²) < 4.78 is 0. The Morgan fingerprint density at radius 1 is 1.17 bits per heavy atom. The number of carbonyl (C=O) groups excluding carboxylic acids is 1. The van der Waals surface area contributed by atoms with Crippen LogP contribution in [0.3, 0.4) is 0 Å². The molecule has 4 heteroatoms. The summed E-state index contributed by atoms with van der Waals surface area (Å²) in [5.41, 5.74) is 1.27. The SMILES string of the molecule is CC(c1cccc(Cl)c1)N1CCC(NC(=O)C2CCCCC2)CC1. The lowest BCUT2D eigenvalue weighted by Crippen LogP contribution is -2.47. The van der Waals surface area contributed by atoms with Gasteiger partial charge in [0.1, 0.15) is 0 Å². The van der Waals surface area contributed by atoms with Gasteiger partial charge in [0.25, 0.3) is 0 Å². The van der Waals surface area contributed by atoms with Crippen molar-refractivity contribution in [2.75, 3.05) is 13.1 Å². The molecule has 24 heavy (non-hydrogen) atoms. The number of nitrogens with one attached hydrogen (secondary N) is 1. The van der Waals surface area contributed by atoms with Crippen LogP contribution in [0.2, 0.25) is 5.02 Å². The van der Waals surface area contributed by atoms with Crippen LogP contribution < -0.4 is 5.32 Å². The number of piperidine rings is 1. The van der Waals surface area contributed by atoms with Crippen molar-refractivity contribution in [2.24, 2.45) is 5.92 Å². The molecule has 1 heterocycles. The fraction of sp³-hybridized carbons (Fsp3) is 0.650. The first-order chi connectivity index (χ1) is 11.6. The van der Waals surface area contributed by atoms with Gasteiger partial charge in [0.15, 0.2) is 0 Å². The molecule has 2 fully saturated rings. The summed E-state index contributed by atoms with van der Waals surface area (Å²) in [5.74, 6) is 0.568. The van der Waals surface area contributed by atoms with Crippen molar-refractivity contribution >= 4 is 17.5 Å². The smallest absolute Gasteiger partial charge is 0.223 e. The fourth-order valence-corrected chi connectivity index (χ4v) is 4.29. The van der Waals surface area contributed by atoms with Gasteiger partial charge in [0, 0.05) is 36.1 Å². The maximum absolute atomic E-state index is 12.4. The molecule has 1 saturated carbocycles. The molecule has 0 aromatic heterocycles. The molecule has 1 N–H and O–H groups in total. The molecule has 1 aromatic rings. The molecule has 1 amide bonds. The molecular formula is C20H29ClN2O. The number of halogens is 1. The van der Waals surface area contributed by atoms with E-state index in [4.69, 9.17) is 11.6 Å². The summed E-state index contributed by atoms with van der Waals surface area (Å²) in [7, 11) is 0. The van der Waals surface area contributed by atoms with Crippen LogP contribution in [-0.4, -0.2) is 29.9 Å². The second kappa shape index (κ2) is 8.35. The third-order valence-electron chi connectivity index (χ3n) is 5.73. The molecule has 2 aliphatic rings. The van der Waals surface area contributed by atoms with Crippen LogP contribution >= 0.6 is 11.6 Å². The van der Waals surface area contributed by atoms with E-state index in [2.05, 4.69) is 29.3 Å². The predicted octanol–water partition coefficient (Wildman–Crippen LogP) is 4.56. The van der Waals surface area contributed by atoms with Crippen LogP contribution in [0.4, 0.5) is 0 Å². The zero-order valence-corrected chi connectivity index (χ0v) is 15.4. The van der Waals surface area contributed by atoms with Crippen molar-refractivity contribution < 1.29 is 4.79 Å². The van der Waals surface area contributed by atoms with E-state index in [9.17, 15) is 4.79 Å². The Hall–Kier alpha value is -1.06. The van der Waals surface area contributed by atoms with E-state index in [0.29, 0.717) is 18.0 Å². The van der Waals surface area contributed by atoms with Crippen molar-refractivity contribution in [1.29, 1.82) is 0 Å². The number of hydrogen-bond donors (Lipinski definition) is 1. The van der Waals surface area contributed by atoms with Crippen LogP contribution in [0.25, 0.3) is 0 Å². The normalized spacial score (nSPS) is 22.2. The first-order valence-electron chi connectivity index (χ1n) is 9.43. The molecule has 1 aliphatic carbocycles. The van der Waals surface area contributed by atoms with Crippen molar-refractivity contribution in [3.63, 3.8) is 0 Å². The largest absolute Gasteiger partial charge is 0.353 e. The summed E-state index contributed by atoms with van der Waals surface area (Å²) in [4.78, 5) is 14.9. The maximum atomic E-state index is 12.4. The summed E-state index contributed by atoms with van der Waals surface area (Å²) in [5, 5.41) is 4.11. The monoisotopic (exact) mass is 348 g/mol. The Morgan fingerprint density at radius 2 is 1.88 bits per heavy atom. The minimum absolute atomic E-state index is 0.266. The van der Waals surface area contributed by atoms with Gasteiger partial charge >= 0.3 is 0 Å². The molecule has 3 nitrogen and oxygen atoms in total. The highest BCUT2D eigenvalue weighted by atomic mass is 35.5. The highest BCUT2D eigenvalue weighted by Gasteiger charge is 2.27. The Balaban J connectivity index is 1.47. The van der Waals surface area contributed by atoms with Gasteiger partial charge < -0.3 is 5.32 Å². The Morgan fingerprint density at radius 3 is 2.54 bits per heavy atom. The summed E-state index contributed by atoms with van der Waals surface area (Å²) in [6.45, 7) is 4.30. The van der Waals surface area contributed by atoms with Gasteiger partial charge in [-0.15, -0.1) is 0 Å². The third kappa shape index (κ3) is 4.52. The quantitative estimate of drug-likeness (QED) is 0.864. The molecule has 0 radical (unpaired) electrons. The average Bonchev–Trinajstić information content (AvgIpc) is 2.62. The van der Waals surface area contributed by atoms with Gasteiger partial charge in [-0.25, -0.2) is 0 Å². The van der Waals surface area contributed by atoms with Gasteiger partial charge in [-0.05, 0) is 50.3 Å². The summed E-state index contributed by atoms with van der Waals surface area (Å²) in [6, 6.07) is 8.87. The molecule has 1 atom stereocenters. The maximum Gasteiger partial charge on any atom is 0.223 e. The van der Waals surface area contributed by atoms with Crippen LogP contribution in [-0.2, 0) is 4.79 Å². The van der Waals surface area contributed by atoms with Gasteiger partial charge in [0.2, 0.25) is 5.91 Å². The van der Waals surface area contributed by atoms with Gasteiger partial charge in [0.05, 0.1) is 0 Å². The molecule has 0 bridgehead atoms. The lowest BCUT2D eigenvalue weighted by Gasteiger charge is -2.37. The van der Waals surface area contributed by atoms with E-state index in [-0.39, 0.29) is 5.92 Å². The first-order valence-corrected chi connectivity index (χ1v) is 9.81. The van der Waals surface area contributed by atoms with E-state index in [1.165, 1.54) is 24.8 Å². The molecule has 1 unspecified atom stereocenters. The first kappa shape index (κ1) is 17.8. The van der Waals surface area contributed by atoms with E-state index in [0.717, 1.165) is 43.8 Å². The van der Waals surface area contributed by atoms with Crippen LogP contribution in [0, 0.1) is 5.92 Å². The van der Waals surface area contributed by atoms with Gasteiger partial charge in [-0.1, -0.05) is 43.0 Å². The molecular weight excluding hydrogens is 320 g/mol. The third-order valence-corrected chi connectivity index (χ3v) is 5.97. The second-order valence-corrected chi connectivity index (χ2v) is 7.82. The zero-order valence-electron chi connectivity index (χ0n) is 14.6. The summed E-state index contributed by atoms with van der Waals surface area (Å²) >= 11 is 6.12. The van der Waals surface area contributed by atoms with Crippen LogP contribution in [0.15, 0.2) is 24.3 Å². The Labute approximate surface area is 150 Å². The molecule has 132 valence electrons. The fourth-order valence-electron chi connectivity index (χ4n) is 4.09. The minimum atomic E-state index is 0.266. The molecule has 0 spiro atoms. The molecule has 3 rings (SSSR count). The van der Waals surface area contributed by atoms with Crippen LogP contribution in [0.1, 0.15) is 63.5 Å². The topological polar surface area (TPSA) is 32.3 Å². The zero-order chi connectivity index (χ0) is 16.9. The van der Waals surface area contributed by atoms with Gasteiger partial charge in [-0.3, -0.25) is 9.69 Å². The summed E-state index contributed by atoms with van der Waals surface area (Å²) in [6.07, 6.45) is 7.98. The standard InChI is InChI=1S/C20H29ClN2O/c1-15(17-8-5-9-18(21)14-17)23-12-10-19(11-13-23)22-20(24)16-6-3-2-4-7-16/h5,8-9,14-16,19H,2-4,6-7,10-13H2,1H3,(H,22,24). The second-order valence-electron chi connectivity index (χ2n) is 7.38. The average molecular weight is 349 g/mol. The van der Waals surface area contributed by atoms with Crippen molar-refractivity contribution in [3.05, 3.63) is 34.9 Å². The number of hydrogen-bond acceptors (Lipinski definition) is 2. The lowest BCUT2D eigenvalue weighted by molar-refractivity contribution is -0.127. The number of rotatable bonds is 4. The highest BCUT2D eigenvalue weighted by Crippen LogP contribution is 2.27. The number of likely N-dealkylation sites (tertiary alicyclic amines) is 1. The van der Waals surface area contributed by atoms with E-state index in [1.54, 1.807) is 0 Å². The van der Waals surface area contributed by atoms with Crippen molar-refractivity contribution in [3.8, 4) is 0 Å². The number of amides is 1. The molecule has 1 saturated heterocycles. The van der Waals surface area contributed by atoms with Crippen molar-refractivity contribution in [1.82, 2.24) is 10.2 Å². The lowest BCUT2D eigenvalue weighted by atomic mass is 9.88. The number of benzene rings is 1. The van der Waals surface area contributed by atoms with E-state index >= 15 is 0 Å². The van der Waals surface area contributed by atoms with E-state index in [1.807, 2.05) is 12.1 Å². The Kier molecular flexibility index (Phi) is 6.18. The van der Waals surface area contributed by atoms with Gasteiger partial charge in [-0.2, -0.15) is 0 Å². The highest BCUT2D eigenvalue weighted by molar-refractivity contribution is 6.30. The van der Waals surface area contributed by atoms with Crippen LogP contribution in [0.5, 0.6) is 0 Å². The molecule has 1 aromatic carbocycles. The molecule has 1 aliphatic heterocycles. The number of carbonyl (C=O) groups is 1.